The van der Waals surface area contributed by atoms with E-state index in [0.29, 0.717) is 5.92 Å². The highest BCUT2D eigenvalue weighted by molar-refractivity contribution is 5.32. The summed E-state index contributed by atoms with van der Waals surface area (Å²) < 4.78 is 12.3. The van der Waals surface area contributed by atoms with Gasteiger partial charge in [0.25, 0.3) is 0 Å². The van der Waals surface area contributed by atoms with Crippen LogP contribution in [0.2, 0.25) is 0 Å². The van der Waals surface area contributed by atoms with Crippen LogP contribution < -0.4 is 4.90 Å². The second kappa shape index (κ2) is 6.36. The molecule has 2 heterocycles. The van der Waals surface area contributed by atoms with Gasteiger partial charge >= 0.3 is 0 Å². The Bertz CT molecular complexity index is 532. The maximum absolute atomic E-state index is 6.31. The monoisotopic (exact) mass is 317 g/mol. The van der Waals surface area contributed by atoms with E-state index in [1.165, 1.54) is 25.7 Å². The first-order valence-corrected chi connectivity index (χ1v) is 9.00. The number of aromatic nitrogens is 2. The van der Waals surface area contributed by atoms with E-state index in [9.17, 15) is 0 Å². The number of hydrogen-bond acceptors (Lipinski definition) is 5. The van der Waals surface area contributed by atoms with E-state index in [1.54, 1.807) is 0 Å². The van der Waals surface area contributed by atoms with Gasteiger partial charge in [-0.1, -0.05) is 6.42 Å². The van der Waals surface area contributed by atoms with Gasteiger partial charge in [-0.2, -0.15) is 0 Å². The van der Waals surface area contributed by atoms with Crippen molar-refractivity contribution in [2.75, 3.05) is 37.8 Å². The van der Waals surface area contributed by atoms with Gasteiger partial charge in [0.2, 0.25) is 5.95 Å². The van der Waals surface area contributed by atoms with Crippen LogP contribution in [0.4, 0.5) is 5.95 Å². The Balaban J connectivity index is 1.42. The molecule has 0 unspecified atom stereocenters. The molecule has 1 aromatic heterocycles. The SMILES string of the molecule is Cc1cnc(N2CCO[C@]3(CCC[C@H]3COCC3CC3)C2)nc1. The molecule has 1 aliphatic heterocycles. The first kappa shape index (κ1) is 15.3. The van der Waals surface area contributed by atoms with Crippen molar-refractivity contribution < 1.29 is 9.47 Å². The first-order valence-electron chi connectivity index (χ1n) is 9.00. The molecule has 2 atom stereocenters. The van der Waals surface area contributed by atoms with Crippen molar-refractivity contribution in [2.24, 2.45) is 11.8 Å². The van der Waals surface area contributed by atoms with E-state index in [2.05, 4.69) is 14.9 Å². The molecule has 2 saturated carbocycles. The molecule has 5 heteroatoms. The molecule has 3 fully saturated rings. The fourth-order valence-corrected chi connectivity index (χ4v) is 3.94. The summed E-state index contributed by atoms with van der Waals surface area (Å²) >= 11 is 0. The van der Waals surface area contributed by atoms with E-state index in [1.807, 2.05) is 19.3 Å². The van der Waals surface area contributed by atoms with Crippen molar-refractivity contribution in [2.45, 2.75) is 44.6 Å². The van der Waals surface area contributed by atoms with Crippen LogP contribution in [0.3, 0.4) is 0 Å². The zero-order valence-corrected chi connectivity index (χ0v) is 14.0. The number of rotatable bonds is 5. The minimum atomic E-state index is -0.0595. The van der Waals surface area contributed by atoms with Gasteiger partial charge in [0.1, 0.15) is 0 Å². The topological polar surface area (TPSA) is 47.5 Å². The van der Waals surface area contributed by atoms with Crippen LogP contribution in [0.1, 0.15) is 37.7 Å². The normalized spacial score (nSPS) is 31.0. The van der Waals surface area contributed by atoms with E-state index in [4.69, 9.17) is 9.47 Å². The number of morpholine rings is 1. The highest BCUT2D eigenvalue weighted by Gasteiger charge is 2.47. The number of nitrogens with zero attached hydrogens (tertiary/aromatic N) is 3. The number of anilines is 1. The molecule has 4 rings (SSSR count). The Hall–Kier alpha value is -1.20. The van der Waals surface area contributed by atoms with Crippen LogP contribution >= 0.6 is 0 Å². The molecule has 23 heavy (non-hydrogen) atoms. The maximum atomic E-state index is 6.31. The zero-order valence-electron chi connectivity index (χ0n) is 14.0. The summed E-state index contributed by atoms with van der Waals surface area (Å²) in [7, 11) is 0. The van der Waals surface area contributed by atoms with Gasteiger partial charge in [-0.05, 0) is 44.1 Å². The van der Waals surface area contributed by atoms with E-state index in [-0.39, 0.29) is 5.60 Å². The Morgan fingerprint density at radius 1 is 1.26 bits per heavy atom. The maximum Gasteiger partial charge on any atom is 0.225 e. The van der Waals surface area contributed by atoms with Crippen LogP contribution in [0.25, 0.3) is 0 Å². The fourth-order valence-electron chi connectivity index (χ4n) is 3.94. The molecule has 1 aromatic rings. The summed E-state index contributed by atoms with van der Waals surface area (Å²) in [5.41, 5.74) is 1.04. The van der Waals surface area contributed by atoms with Crippen LogP contribution in [-0.2, 0) is 9.47 Å². The lowest BCUT2D eigenvalue weighted by molar-refractivity contribution is -0.0997. The van der Waals surface area contributed by atoms with Crippen molar-refractivity contribution in [3.05, 3.63) is 18.0 Å². The third-order valence-corrected chi connectivity index (χ3v) is 5.53. The summed E-state index contributed by atoms with van der Waals surface area (Å²) in [5, 5.41) is 0. The van der Waals surface area contributed by atoms with Gasteiger partial charge in [0.15, 0.2) is 0 Å². The van der Waals surface area contributed by atoms with Crippen molar-refractivity contribution >= 4 is 5.95 Å². The van der Waals surface area contributed by atoms with Gasteiger partial charge in [-0.25, -0.2) is 9.97 Å². The lowest BCUT2D eigenvalue weighted by Crippen LogP contribution is -2.55. The van der Waals surface area contributed by atoms with Crippen LogP contribution in [0.5, 0.6) is 0 Å². The third kappa shape index (κ3) is 3.36. The fraction of sp³-hybridized carbons (Fsp3) is 0.778. The van der Waals surface area contributed by atoms with Crippen molar-refractivity contribution in [3.8, 4) is 0 Å². The smallest absolute Gasteiger partial charge is 0.225 e. The standard InChI is InChI=1S/C18H27N3O2/c1-14-9-19-17(20-10-14)21-7-8-23-18(13-21)6-2-3-16(18)12-22-11-15-4-5-15/h9-10,15-16H,2-8,11-13H2,1H3/t16-,18+/m0/s1. The van der Waals surface area contributed by atoms with Gasteiger partial charge in [0, 0.05) is 31.5 Å². The molecular weight excluding hydrogens is 290 g/mol. The minimum Gasteiger partial charge on any atom is -0.381 e. The molecule has 0 bridgehead atoms. The largest absolute Gasteiger partial charge is 0.381 e. The number of ether oxygens (including phenoxy) is 2. The van der Waals surface area contributed by atoms with Crippen LogP contribution in [-0.4, -0.2) is 48.5 Å². The Labute approximate surface area is 138 Å². The molecule has 0 radical (unpaired) electrons. The second-order valence-electron chi connectivity index (χ2n) is 7.47. The Kier molecular flexibility index (Phi) is 4.24. The number of hydrogen-bond donors (Lipinski definition) is 0. The lowest BCUT2D eigenvalue weighted by atomic mass is 9.89. The quantitative estimate of drug-likeness (QED) is 0.835. The molecule has 5 nitrogen and oxygen atoms in total. The predicted molar refractivity (Wildman–Crippen MR) is 88.5 cm³/mol. The molecule has 1 spiro atoms. The van der Waals surface area contributed by atoms with E-state index < -0.39 is 0 Å². The van der Waals surface area contributed by atoms with Gasteiger partial charge in [-0.15, -0.1) is 0 Å². The average molecular weight is 317 g/mol. The predicted octanol–water partition coefficient (Wildman–Crippen LogP) is 2.59. The molecular formula is C18H27N3O2. The summed E-state index contributed by atoms with van der Waals surface area (Å²) in [6.45, 7) is 6.34. The molecule has 0 aromatic carbocycles. The lowest BCUT2D eigenvalue weighted by Gasteiger charge is -2.44. The summed E-state index contributed by atoms with van der Waals surface area (Å²) in [4.78, 5) is 11.3. The van der Waals surface area contributed by atoms with Gasteiger partial charge in [-0.3, -0.25) is 0 Å². The Morgan fingerprint density at radius 2 is 2.09 bits per heavy atom. The highest BCUT2D eigenvalue weighted by atomic mass is 16.5. The first-order chi connectivity index (χ1) is 11.3. The summed E-state index contributed by atoms with van der Waals surface area (Å²) in [5.74, 6) is 2.18. The van der Waals surface area contributed by atoms with E-state index in [0.717, 1.165) is 56.8 Å². The van der Waals surface area contributed by atoms with Gasteiger partial charge in [0.05, 0.1) is 25.4 Å². The Morgan fingerprint density at radius 3 is 2.87 bits per heavy atom. The summed E-state index contributed by atoms with van der Waals surface area (Å²) in [6.07, 6.45) is 10.1. The molecule has 1 saturated heterocycles. The molecule has 0 N–H and O–H groups in total. The summed E-state index contributed by atoms with van der Waals surface area (Å²) in [6, 6.07) is 0. The zero-order chi connectivity index (χ0) is 15.7. The second-order valence-corrected chi connectivity index (χ2v) is 7.47. The van der Waals surface area contributed by atoms with Crippen molar-refractivity contribution in [1.82, 2.24) is 9.97 Å². The van der Waals surface area contributed by atoms with Crippen molar-refractivity contribution in [3.63, 3.8) is 0 Å². The van der Waals surface area contributed by atoms with Crippen molar-refractivity contribution in [1.29, 1.82) is 0 Å². The minimum absolute atomic E-state index is 0.0595. The third-order valence-electron chi connectivity index (χ3n) is 5.53. The molecule has 3 aliphatic rings. The van der Waals surface area contributed by atoms with E-state index >= 15 is 0 Å². The van der Waals surface area contributed by atoms with Crippen LogP contribution in [0.15, 0.2) is 12.4 Å². The molecule has 2 aliphatic carbocycles. The van der Waals surface area contributed by atoms with Crippen LogP contribution in [0, 0.1) is 18.8 Å². The van der Waals surface area contributed by atoms with Gasteiger partial charge < -0.3 is 14.4 Å². The average Bonchev–Trinajstić information content (AvgIpc) is 3.32. The number of aryl methyl sites for hydroxylation is 1. The molecule has 126 valence electrons. The molecule has 0 amide bonds. The highest BCUT2D eigenvalue weighted by Crippen LogP contribution is 2.42.